The van der Waals surface area contributed by atoms with Crippen LogP contribution >= 0.6 is 11.3 Å². The van der Waals surface area contributed by atoms with Gasteiger partial charge in [-0.25, -0.2) is 4.98 Å². The van der Waals surface area contributed by atoms with E-state index in [0.717, 1.165) is 16.4 Å². The zero-order valence-electron chi connectivity index (χ0n) is 11.5. The Bertz CT molecular complexity index is 571. The number of carbonyl (C=O) groups is 1. The molecule has 2 heterocycles. The van der Waals surface area contributed by atoms with Crippen molar-refractivity contribution >= 4 is 17.2 Å². The average Bonchev–Trinajstić information content (AvgIpc) is 2.95. The van der Waals surface area contributed by atoms with E-state index < -0.39 is 0 Å². The predicted molar refractivity (Wildman–Crippen MR) is 78.4 cm³/mol. The fraction of sp³-hybridized carbons (Fsp3) is 0.357. The molecule has 2 aromatic heterocycles. The molecule has 2 rings (SSSR count). The van der Waals surface area contributed by atoms with Crippen LogP contribution in [0.15, 0.2) is 29.8 Å². The number of hydrogen-bond acceptors (Lipinski definition) is 5. The highest BCUT2D eigenvalue weighted by atomic mass is 32.1. The molecular formula is C14H17N3O2S. The standard InChI is InChI=1S/C14H17N3O2S/c1-10(8-18)17(2)13(19)7-11-9-20-14(16-11)12-5-3-4-6-15-12/h3-6,9-10,18H,7-8H2,1-2H3. The number of pyridine rings is 1. The van der Waals surface area contributed by atoms with E-state index in [1.807, 2.05) is 23.6 Å². The molecule has 6 heteroatoms. The molecule has 20 heavy (non-hydrogen) atoms. The van der Waals surface area contributed by atoms with E-state index in [0.29, 0.717) is 0 Å². The molecule has 0 bridgehead atoms. The van der Waals surface area contributed by atoms with E-state index in [1.165, 1.54) is 11.3 Å². The van der Waals surface area contributed by atoms with Crippen LogP contribution in [-0.2, 0) is 11.2 Å². The van der Waals surface area contributed by atoms with Crippen molar-refractivity contribution in [1.29, 1.82) is 0 Å². The van der Waals surface area contributed by atoms with Crippen molar-refractivity contribution in [3.8, 4) is 10.7 Å². The van der Waals surface area contributed by atoms with Crippen LogP contribution in [-0.4, -0.2) is 45.6 Å². The van der Waals surface area contributed by atoms with Gasteiger partial charge >= 0.3 is 0 Å². The second-order valence-corrected chi connectivity index (χ2v) is 5.43. The number of amides is 1. The first-order valence-electron chi connectivity index (χ1n) is 6.34. The minimum absolute atomic E-state index is 0.0432. The number of thiazole rings is 1. The molecule has 0 radical (unpaired) electrons. The molecule has 1 unspecified atom stereocenters. The van der Waals surface area contributed by atoms with Gasteiger partial charge in [-0.2, -0.15) is 0 Å². The lowest BCUT2D eigenvalue weighted by Crippen LogP contribution is -2.38. The van der Waals surface area contributed by atoms with Gasteiger partial charge in [-0.05, 0) is 19.1 Å². The maximum absolute atomic E-state index is 12.0. The Morgan fingerprint density at radius 1 is 1.50 bits per heavy atom. The number of aliphatic hydroxyl groups is 1. The first-order chi connectivity index (χ1) is 9.61. The number of hydrogen-bond donors (Lipinski definition) is 1. The Labute approximate surface area is 121 Å². The highest BCUT2D eigenvalue weighted by Crippen LogP contribution is 2.21. The molecule has 5 nitrogen and oxygen atoms in total. The van der Waals surface area contributed by atoms with Gasteiger partial charge in [-0.15, -0.1) is 11.3 Å². The monoisotopic (exact) mass is 291 g/mol. The van der Waals surface area contributed by atoms with Crippen LogP contribution in [0.1, 0.15) is 12.6 Å². The SMILES string of the molecule is CC(CO)N(C)C(=O)Cc1csc(-c2ccccn2)n1. The molecule has 0 saturated heterocycles. The zero-order valence-corrected chi connectivity index (χ0v) is 12.3. The van der Waals surface area contributed by atoms with Crippen molar-refractivity contribution in [2.24, 2.45) is 0 Å². The van der Waals surface area contributed by atoms with Gasteiger partial charge in [0.25, 0.3) is 0 Å². The fourth-order valence-corrected chi connectivity index (χ4v) is 2.44. The van der Waals surface area contributed by atoms with Gasteiger partial charge in [0.15, 0.2) is 0 Å². The number of aromatic nitrogens is 2. The quantitative estimate of drug-likeness (QED) is 0.908. The van der Waals surface area contributed by atoms with E-state index in [-0.39, 0.29) is 25.0 Å². The highest BCUT2D eigenvalue weighted by molar-refractivity contribution is 7.13. The van der Waals surface area contributed by atoms with Gasteiger partial charge in [-0.1, -0.05) is 6.07 Å². The van der Waals surface area contributed by atoms with Crippen molar-refractivity contribution in [2.75, 3.05) is 13.7 Å². The van der Waals surface area contributed by atoms with Crippen LogP contribution in [0.25, 0.3) is 10.7 Å². The molecule has 1 N–H and O–H groups in total. The largest absolute Gasteiger partial charge is 0.394 e. The number of nitrogens with zero attached hydrogens (tertiary/aromatic N) is 3. The summed E-state index contributed by atoms with van der Waals surface area (Å²) in [6.45, 7) is 1.76. The van der Waals surface area contributed by atoms with Crippen LogP contribution in [0.2, 0.25) is 0 Å². The molecule has 0 fully saturated rings. The summed E-state index contributed by atoms with van der Waals surface area (Å²) in [4.78, 5) is 22.2. The number of aliphatic hydroxyl groups excluding tert-OH is 1. The predicted octanol–water partition coefficient (Wildman–Crippen LogP) is 1.59. The first-order valence-corrected chi connectivity index (χ1v) is 7.22. The van der Waals surface area contributed by atoms with E-state index in [9.17, 15) is 4.79 Å². The lowest BCUT2D eigenvalue weighted by Gasteiger charge is -2.22. The van der Waals surface area contributed by atoms with Crippen molar-refractivity contribution in [3.05, 3.63) is 35.5 Å². The van der Waals surface area contributed by atoms with Crippen molar-refractivity contribution in [3.63, 3.8) is 0 Å². The first kappa shape index (κ1) is 14.6. The zero-order chi connectivity index (χ0) is 14.5. The molecule has 0 aromatic carbocycles. The summed E-state index contributed by atoms with van der Waals surface area (Å²) in [6, 6.07) is 5.47. The van der Waals surface area contributed by atoms with Crippen molar-refractivity contribution in [2.45, 2.75) is 19.4 Å². The van der Waals surface area contributed by atoms with Crippen LogP contribution in [0, 0.1) is 0 Å². The second kappa shape index (κ2) is 6.58. The lowest BCUT2D eigenvalue weighted by atomic mass is 10.2. The Hall–Kier alpha value is -1.79. The van der Waals surface area contributed by atoms with E-state index >= 15 is 0 Å². The van der Waals surface area contributed by atoms with E-state index in [1.54, 1.807) is 25.1 Å². The summed E-state index contributed by atoms with van der Waals surface area (Å²) in [5.74, 6) is -0.0515. The third-order valence-corrected chi connectivity index (χ3v) is 4.00. The third-order valence-electron chi connectivity index (χ3n) is 3.09. The number of likely N-dealkylation sites (N-methyl/N-ethyl adjacent to an activating group) is 1. The molecule has 1 atom stereocenters. The summed E-state index contributed by atoms with van der Waals surface area (Å²) >= 11 is 1.48. The summed E-state index contributed by atoms with van der Waals surface area (Å²) in [5.41, 5.74) is 1.55. The van der Waals surface area contributed by atoms with Crippen LogP contribution in [0.4, 0.5) is 0 Å². The number of carbonyl (C=O) groups excluding carboxylic acids is 1. The molecule has 2 aromatic rings. The van der Waals surface area contributed by atoms with Crippen molar-refractivity contribution in [1.82, 2.24) is 14.9 Å². The van der Waals surface area contributed by atoms with Gasteiger partial charge in [-0.3, -0.25) is 9.78 Å². The summed E-state index contributed by atoms with van der Waals surface area (Å²) < 4.78 is 0. The molecule has 0 aliphatic heterocycles. The van der Waals surface area contributed by atoms with Gasteiger partial charge in [0.1, 0.15) is 5.01 Å². The Balaban J connectivity index is 2.05. The normalized spacial score (nSPS) is 12.2. The molecule has 0 spiro atoms. The molecule has 0 saturated carbocycles. The van der Waals surface area contributed by atoms with Crippen LogP contribution < -0.4 is 0 Å². The Morgan fingerprint density at radius 2 is 2.30 bits per heavy atom. The van der Waals surface area contributed by atoms with Gasteiger partial charge < -0.3 is 10.0 Å². The smallest absolute Gasteiger partial charge is 0.228 e. The van der Waals surface area contributed by atoms with Crippen molar-refractivity contribution < 1.29 is 9.90 Å². The van der Waals surface area contributed by atoms with Gasteiger partial charge in [0.05, 0.1) is 30.5 Å². The van der Waals surface area contributed by atoms with E-state index in [2.05, 4.69) is 9.97 Å². The maximum atomic E-state index is 12.0. The van der Waals surface area contributed by atoms with Crippen LogP contribution in [0.3, 0.4) is 0 Å². The highest BCUT2D eigenvalue weighted by Gasteiger charge is 2.17. The minimum atomic E-state index is -0.184. The Kier molecular flexibility index (Phi) is 4.81. The summed E-state index contributed by atoms with van der Waals surface area (Å²) in [7, 11) is 1.69. The molecular weight excluding hydrogens is 274 g/mol. The summed E-state index contributed by atoms with van der Waals surface area (Å²) in [5, 5.41) is 11.7. The molecule has 0 aliphatic rings. The molecule has 1 amide bonds. The lowest BCUT2D eigenvalue weighted by molar-refractivity contribution is -0.131. The third kappa shape index (κ3) is 3.40. The molecule has 0 aliphatic carbocycles. The second-order valence-electron chi connectivity index (χ2n) is 4.57. The molecule has 106 valence electrons. The Morgan fingerprint density at radius 3 is 2.95 bits per heavy atom. The number of rotatable bonds is 5. The average molecular weight is 291 g/mol. The topological polar surface area (TPSA) is 66.3 Å². The minimum Gasteiger partial charge on any atom is -0.394 e. The van der Waals surface area contributed by atoms with Gasteiger partial charge in [0.2, 0.25) is 5.91 Å². The van der Waals surface area contributed by atoms with Gasteiger partial charge in [0, 0.05) is 18.6 Å². The maximum Gasteiger partial charge on any atom is 0.228 e. The van der Waals surface area contributed by atoms with Crippen LogP contribution in [0.5, 0.6) is 0 Å². The summed E-state index contributed by atoms with van der Waals surface area (Å²) in [6.07, 6.45) is 1.96. The fourth-order valence-electron chi connectivity index (χ4n) is 1.64. The van der Waals surface area contributed by atoms with E-state index in [4.69, 9.17) is 5.11 Å².